The highest BCUT2D eigenvalue weighted by atomic mass is 19.4. The molecule has 1 amide bonds. The Morgan fingerprint density at radius 1 is 1.12 bits per heavy atom. The molecule has 3 aromatic rings. The maximum Gasteiger partial charge on any atom is 0.522 e. The van der Waals surface area contributed by atoms with Gasteiger partial charge in [-0.1, -0.05) is 12.1 Å². The average molecular weight is 608 g/mol. The Morgan fingerprint density at radius 3 is 2.47 bits per heavy atom. The molecule has 2 heterocycles. The first-order valence-electron chi connectivity index (χ1n) is 14.2. The van der Waals surface area contributed by atoms with Gasteiger partial charge in [-0.25, -0.2) is 0 Å². The van der Waals surface area contributed by atoms with Gasteiger partial charge in [0.15, 0.2) is 0 Å². The van der Waals surface area contributed by atoms with Crippen molar-refractivity contribution in [2.45, 2.75) is 82.2 Å². The number of anilines is 1. The van der Waals surface area contributed by atoms with Gasteiger partial charge in [0, 0.05) is 36.3 Å². The Balaban J connectivity index is 1.29. The number of rotatable bonds is 8. The molecule has 2 aliphatic carbocycles. The van der Waals surface area contributed by atoms with Crippen LogP contribution in [0.15, 0.2) is 42.7 Å². The second-order valence-corrected chi connectivity index (χ2v) is 12.1. The first-order valence-corrected chi connectivity index (χ1v) is 14.2. The molecule has 3 aliphatic rings. The second-order valence-electron chi connectivity index (χ2n) is 12.1. The Hall–Kier alpha value is -3.45. The number of hydrogen-bond acceptors (Lipinski definition) is 5. The smallest absolute Gasteiger partial charge is 0.320 e. The van der Waals surface area contributed by atoms with Crippen molar-refractivity contribution in [1.29, 1.82) is 0 Å². The Morgan fingerprint density at radius 2 is 1.86 bits per heavy atom. The van der Waals surface area contributed by atoms with E-state index in [4.69, 9.17) is 0 Å². The number of nitrogens with one attached hydrogen (secondary N) is 1. The Bertz CT molecular complexity index is 1520. The normalized spacial score (nSPS) is 22.2. The quantitative estimate of drug-likeness (QED) is 0.297. The van der Waals surface area contributed by atoms with Gasteiger partial charge >= 0.3 is 12.5 Å². The van der Waals surface area contributed by atoms with E-state index >= 15 is 0 Å². The lowest BCUT2D eigenvalue weighted by molar-refractivity contribution is -0.354. The predicted octanol–water partition coefficient (Wildman–Crippen LogP) is 6.47. The summed E-state index contributed by atoms with van der Waals surface area (Å²) < 4.78 is 86.8. The van der Waals surface area contributed by atoms with Crippen molar-refractivity contribution in [3.8, 4) is 0 Å². The third-order valence-electron chi connectivity index (χ3n) is 9.05. The van der Waals surface area contributed by atoms with E-state index in [1.54, 1.807) is 41.9 Å². The molecule has 13 heteroatoms. The van der Waals surface area contributed by atoms with Gasteiger partial charge < -0.3 is 14.8 Å². The molecule has 1 atom stereocenters. The number of amides is 1. The van der Waals surface area contributed by atoms with Crippen molar-refractivity contribution in [3.05, 3.63) is 76.4 Å². The van der Waals surface area contributed by atoms with Crippen molar-refractivity contribution in [1.82, 2.24) is 20.1 Å². The molecule has 1 aliphatic heterocycles. The van der Waals surface area contributed by atoms with Gasteiger partial charge in [-0.05, 0) is 85.9 Å². The van der Waals surface area contributed by atoms with E-state index in [1.165, 1.54) is 11.2 Å². The van der Waals surface area contributed by atoms with Crippen molar-refractivity contribution in [3.63, 3.8) is 0 Å². The molecule has 7 nitrogen and oxygen atoms in total. The van der Waals surface area contributed by atoms with E-state index < -0.39 is 36.0 Å². The van der Waals surface area contributed by atoms with Gasteiger partial charge in [0.2, 0.25) is 0 Å². The lowest BCUT2D eigenvalue weighted by Gasteiger charge is -2.40. The lowest BCUT2D eigenvalue weighted by Crippen LogP contribution is -2.47. The number of halogens is 6. The van der Waals surface area contributed by atoms with Crippen molar-refractivity contribution in [2.75, 3.05) is 4.90 Å². The molecular formula is C30H31F6N5O2. The van der Waals surface area contributed by atoms with E-state index in [1.807, 2.05) is 6.92 Å². The minimum absolute atomic E-state index is 0.0202. The van der Waals surface area contributed by atoms with Gasteiger partial charge in [-0.3, -0.25) is 9.53 Å². The molecular weight excluding hydrogens is 576 g/mol. The summed E-state index contributed by atoms with van der Waals surface area (Å²) >= 11 is 0. The summed E-state index contributed by atoms with van der Waals surface area (Å²) in [6.45, 7) is 2.00. The molecule has 2 fully saturated rings. The van der Waals surface area contributed by atoms with E-state index in [0.717, 1.165) is 25.3 Å². The molecule has 1 aromatic heterocycles. The van der Waals surface area contributed by atoms with Crippen molar-refractivity contribution in [2.24, 2.45) is 13.0 Å². The van der Waals surface area contributed by atoms with Crippen molar-refractivity contribution >= 4 is 11.6 Å². The standard InChI is InChI=1S/C30H31F6N5O2/c1-28(7-4-8-28)37-14-17-9-22-23(24(10-17)29(31,32)33)15-41(27(22)42)20-6-3-5-18(11-20)25(26-39-38-16-40(26)2)19-12-21(13-19)43-30(34,35)36/h3,5-6,9-11,16,19,21,25,37H,4,7-8,12-15H2,1-2H3/t19?,21?,25-/m1/s1. The van der Waals surface area contributed by atoms with Crippen LogP contribution >= 0.6 is 0 Å². The number of nitrogens with zero attached hydrogens (tertiary/aromatic N) is 4. The van der Waals surface area contributed by atoms with Gasteiger partial charge in [0.1, 0.15) is 12.2 Å². The van der Waals surface area contributed by atoms with Gasteiger partial charge in [-0.15, -0.1) is 23.4 Å². The van der Waals surface area contributed by atoms with Crippen LogP contribution in [0.5, 0.6) is 0 Å². The largest absolute Gasteiger partial charge is 0.522 e. The van der Waals surface area contributed by atoms with Crippen LogP contribution in [-0.2, 0) is 31.1 Å². The monoisotopic (exact) mass is 607 g/mol. The van der Waals surface area contributed by atoms with E-state index in [2.05, 4.69) is 20.3 Å². The summed E-state index contributed by atoms with van der Waals surface area (Å²) in [5.41, 5.74) is 0.461. The average Bonchev–Trinajstić information content (AvgIpc) is 3.46. The summed E-state index contributed by atoms with van der Waals surface area (Å²) in [6, 6.07) is 9.48. The van der Waals surface area contributed by atoms with Crippen LogP contribution in [0.1, 0.15) is 83.4 Å². The highest BCUT2D eigenvalue weighted by Crippen LogP contribution is 2.47. The molecule has 0 bridgehead atoms. The van der Waals surface area contributed by atoms with Crippen LogP contribution in [0.3, 0.4) is 0 Å². The number of carbonyl (C=O) groups is 1. The molecule has 230 valence electrons. The highest BCUT2D eigenvalue weighted by Gasteiger charge is 2.45. The molecule has 0 unspecified atom stereocenters. The fraction of sp³-hybridized carbons (Fsp3) is 0.500. The Labute approximate surface area is 244 Å². The zero-order chi connectivity index (χ0) is 30.7. The van der Waals surface area contributed by atoms with Gasteiger partial charge in [0.05, 0.1) is 18.2 Å². The van der Waals surface area contributed by atoms with E-state index in [-0.39, 0.29) is 48.5 Å². The van der Waals surface area contributed by atoms with Crippen LogP contribution in [0.4, 0.5) is 32.0 Å². The molecule has 0 spiro atoms. The fourth-order valence-electron chi connectivity index (χ4n) is 6.49. The molecule has 2 aromatic carbocycles. The molecule has 1 N–H and O–H groups in total. The minimum atomic E-state index is -4.73. The molecule has 2 saturated carbocycles. The zero-order valence-electron chi connectivity index (χ0n) is 23.6. The van der Waals surface area contributed by atoms with Crippen LogP contribution in [0.2, 0.25) is 0 Å². The van der Waals surface area contributed by atoms with Gasteiger partial charge in [-0.2, -0.15) is 13.2 Å². The number of alkyl halides is 6. The summed E-state index contributed by atoms with van der Waals surface area (Å²) in [5, 5.41) is 11.5. The second kappa shape index (κ2) is 10.6. The first-order chi connectivity index (χ1) is 20.2. The summed E-state index contributed by atoms with van der Waals surface area (Å²) in [4.78, 5) is 14.9. The number of carbonyl (C=O) groups excluding carboxylic acids is 1. The summed E-state index contributed by atoms with van der Waals surface area (Å²) in [7, 11) is 1.73. The van der Waals surface area contributed by atoms with Gasteiger partial charge in [0.25, 0.3) is 5.91 Å². The van der Waals surface area contributed by atoms with Crippen molar-refractivity contribution < 1.29 is 35.9 Å². The van der Waals surface area contributed by atoms with Crippen LogP contribution in [0, 0.1) is 5.92 Å². The van der Waals surface area contributed by atoms with Crippen LogP contribution < -0.4 is 10.2 Å². The fourth-order valence-corrected chi connectivity index (χ4v) is 6.49. The third-order valence-corrected chi connectivity index (χ3v) is 9.05. The number of aromatic nitrogens is 3. The van der Waals surface area contributed by atoms with Crippen LogP contribution in [-0.4, -0.2) is 38.7 Å². The molecule has 6 rings (SSSR count). The molecule has 0 saturated heterocycles. The number of aryl methyl sites for hydroxylation is 1. The topological polar surface area (TPSA) is 72.3 Å². The van der Waals surface area contributed by atoms with E-state index in [0.29, 0.717) is 22.6 Å². The number of hydrogen-bond donors (Lipinski definition) is 1. The lowest BCUT2D eigenvalue weighted by atomic mass is 9.70. The highest BCUT2D eigenvalue weighted by molar-refractivity contribution is 6.10. The maximum atomic E-state index is 14.2. The predicted molar refractivity (Wildman–Crippen MR) is 144 cm³/mol. The maximum absolute atomic E-state index is 14.2. The van der Waals surface area contributed by atoms with E-state index in [9.17, 15) is 31.1 Å². The third kappa shape index (κ3) is 5.88. The molecule has 0 radical (unpaired) electrons. The summed E-state index contributed by atoms with van der Waals surface area (Å²) in [6.07, 6.45) is -5.64. The minimum Gasteiger partial charge on any atom is -0.320 e. The SMILES string of the molecule is Cn1cnnc1[C@H](c1cccc(N2Cc3c(cc(CNC4(C)CCC4)cc3C(F)(F)F)C2=O)c1)C1CC(OC(F)(F)F)C1. The summed E-state index contributed by atoms with van der Waals surface area (Å²) in [5.74, 6) is -0.717. The Kier molecular flexibility index (Phi) is 7.31. The number of fused-ring (bicyclic) bond motifs is 1. The zero-order valence-corrected chi connectivity index (χ0v) is 23.6. The number of ether oxygens (including phenoxy) is 1. The molecule has 43 heavy (non-hydrogen) atoms. The number of benzene rings is 2. The first kappa shape index (κ1) is 29.6. The van der Waals surface area contributed by atoms with Crippen LogP contribution in [0.25, 0.3) is 0 Å².